The lowest BCUT2D eigenvalue weighted by Crippen LogP contribution is -2.46. The molecule has 1 aromatic carbocycles. The predicted octanol–water partition coefficient (Wildman–Crippen LogP) is 2.20. The van der Waals surface area contributed by atoms with Gasteiger partial charge in [-0.15, -0.1) is 0 Å². The van der Waals surface area contributed by atoms with E-state index in [0.717, 1.165) is 19.6 Å². The van der Waals surface area contributed by atoms with Crippen molar-refractivity contribution in [3.05, 3.63) is 24.3 Å². The van der Waals surface area contributed by atoms with Gasteiger partial charge in [0.2, 0.25) is 9.84 Å². The molecule has 0 saturated carbocycles. The topological polar surface area (TPSA) is 58.6 Å². The third-order valence-electron chi connectivity index (χ3n) is 3.67. The molecule has 1 aliphatic heterocycles. The third kappa shape index (κ3) is 4.86. The second-order valence-electron chi connectivity index (χ2n) is 5.77. The number of rotatable bonds is 6. The summed E-state index contributed by atoms with van der Waals surface area (Å²) < 4.78 is 53.2. The number of morpholine rings is 1. The van der Waals surface area contributed by atoms with Crippen molar-refractivity contribution in [3.63, 3.8) is 0 Å². The van der Waals surface area contributed by atoms with Crippen molar-refractivity contribution in [2.24, 2.45) is 0 Å². The fourth-order valence-electron chi connectivity index (χ4n) is 2.69. The Kier molecular flexibility index (Phi) is 5.94. The minimum Gasteiger partial charge on any atom is -0.384 e. The summed E-state index contributed by atoms with van der Waals surface area (Å²) in [5.41, 5.74) is 0.701. The quantitative estimate of drug-likeness (QED) is 0.854. The lowest BCUT2D eigenvalue weighted by atomic mass is 10.2. The van der Waals surface area contributed by atoms with Crippen molar-refractivity contribution in [1.29, 1.82) is 0 Å². The van der Waals surface area contributed by atoms with Crippen molar-refractivity contribution in [2.75, 3.05) is 31.5 Å². The smallest absolute Gasteiger partial charge is 0.341 e. The van der Waals surface area contributed by atoms with Gasteiger partial charge in [-0.1, -0.05) is 0 Å². The fourth-order valence-corrected chi connectivity index (χ4v) is 3.41. The van der Waals surface area contributed by atoms with Crippen LogP contribution in [0.25, 0.3) is 0 Å². The molecule has 0 aromatic heterocycles. The maximum atomic E-state index is 12.5. The molecule has 1 heterocycles. The molecular formula is C15H22F2N2O3S. The highest BCUT2D eigenvalue weighted by atomic mass is 32.2. The van der Waals surface area contributed by atoms with Crippen LogP contribution in [0.3, 0.4) is 0 Å². The van der Waals surface area contributed by atoms with E-state index in [1.807, 2.05) is 13.8 Å². The number of nitrogens with one attached hydrogen (secondary N) is 1. The van der Waals surface area contributed by atoms with Gasteiger partial charge in [-0.3, -0.25) is 4.90 Å². The zero-order valence-corrected chi connectivity index (χ0v) is 14.0. The first-order chi connectivity index (χ1) is 10.8. The Bertz CT molecular complexity index is 598. The van der Waals surface area contributed by atoms with E-state index in [0.29, 0.717) is 12.2 Å². The molecule has 0 radical (unpaired) electrons. The minimum atomic E-state index is -4.53. The molecule has 0 amide bonds. The van der Waals surface area contributed by atoms with Crippen LogP contribution in [0.2, 0.25) is 0 Å². The molecule has 0 spiro atoms. The molecule has 1 saturated heterocycles. The zero-order chi connectivity index (χ0) is 17.0. The van der Waals surface area contributed by atoms with Crippen molar-refractivity contribution >= 4 is 15.5 Å². The Balaban J connectivity index is 1.85. The molecule has 5 nitrogen and oxygen atoms in total. The van der Waals surface area contributed by atoms with Crippen LogP contribution in [0.4, 0.5) is 14.5 Å². The average Bonchev–Trinajstić information content (AvgIpc) is 2.46. The number of hydrogen-bond acceptors (Lipinski definition) is 5. The zero-order valence-electron chi connectivity index (χ0n) is 13.2. The van der Waals surface area contributed by atoms with Gasteiger partial charge < -0.3 is 10.1 Å². The van der Waals surface area contributed by atoms with Crippen LogP contribution in [-0.4, -0.2) is 57.5 Å². The van der Waals surface area contributed by atoms with Crippen LogP contribution in [0.5, 0.6) is 0 Å². The fraction of sp³-hybridized carbons (Fsp3) is 0.600. The standard InChI is InChI=1S/C15H22F2N2O3S/c1-11-9-19(10-12(2)22-11)8-7-18-13-3-5-14(6-4-13)23(20,21)15(16)17/h3-6,11-12,15,18H,7-10H2,1-2H3/t11-,12-/m0/s1. The number of halogens is 2. The molecule has 1 aromatic rings. The Hall–Kier alpha value is -1.25. The molecular weight excluding hydrogens is 326 g/mol. The van der Waals surface area contributed by atoms with Crippen LogP contribution in [0.15, 0.2) is 29.2 Å². The lowest BCUT2D eigenvalue weighted by molar-refractivity contribution is -0.0667. The van der Waals surface area contributed by atoms with E-state index in [-0.39, 0.29) is 17.1 Å². The van der Waals surface area contributed by atoms with Crippen LogP contribution >= 0.6 is 0 Å². The summed E-state index contributed by atoms with van der Waals surface area (Å²) in [6.45, 7) is 7.33. The Morgan fingerprint density at radius 2 is 1.78 bits per heavy atom. The molecule has 2 atom stereocenters. The van der Waals surface area contributed by atoms with Gasteiger partial charge >= 0.3 is 5.76 Å². The number of alkyl halides is 2. The highest BCUT2D eigenvalue weighted by Crippen LogP contribution is 2.20. The molecule has 8 heteroatoms. The Morgan fingerprint density at radius 1 is 1.22 bits per heavy atom. The summed E-state index contributed by atoms with van der Waals surface area (Å²) in [6, 6.07) is 5.39. The molecule has 2 rings (SSSR count). The second kappa shape index (κ2) is 7.55. The summed E-state index contributed by atoms with van der Waals surface area (Å²) in [5, 5.41) is 3.16. The summed E-state index contributed by atoms with van der Waals surface area (Å²) in [5.74, 6) is -3.40. The first-order valence-corrected chi connectivity index (χ1v) is 9.07. The Morgan fingerprint density at radius 3 is 2.30 bits per heavy atom. The van der Waals surface area contributed by atoms with E-state index >= 15 is 0 Å². The normalized spacial score (nSPS) is 23.2. The summed E-state index contributed by atoms with van der Waals surface area (Å²) in [4.78, 5) is 1.93. The van der Waals surface area contributed by atoms with Crippen molar-refractivity contribution < 1.29 is 21.9 Å². The SMILES string of the molecule is C[C@H]1CN(CCNc2ccc(S(=O)(=O)C(F)F)cc2)C[C@H](C)O1. The summed E-state index contributed by atoms with van der Waals surface area (Å²) in [7, 11) is -4.53. The van der Waals surface area contributed by atoms with Crippen LogP contribution in [-0.2, 0) is 14.6 Å². The average molecular weight is 348 g/mol. The van der Waals surface area contributed by atoms with Crippen LogP contribution in [0.1, 0.15) is 13.8 Å². The van der Waals surface area contributed by atoms with Crippen molar-refractivity contribution in [1.82, 2.24) is 4.90 Å². The predicted molar refractivity (Wildman–Crippen MR) is 84.6 cm³/mol. The van der Waals surface area contributed by atoms with E-state index < -0.39 is 15.6 Å². The molecule has 0 unspecified atom stereocenters. The van der Waals surface area contributed by atoms with Crippen LogP contribution in [0, 0.1) is 0 Å². The maximum Gasteiger partial charge on any atom is 0.341 e. The van der Waals surface area contributed by atoms with Gasteiger partial charge in [-0.25, -0.2) is 8.42 Å². The Labute approximate surface area is 135 Å². The largest absolute Gasteiger partial charge is 0.384 e. The first kappa shape index (κ1) is 18.1. The van der Waals surface area contributed by atoms with E-state index in [1.54, 1.807) is 0 Å². The number of hydrogen-bond donors (Lipinski definition) is 1. The van der Waals surface area contributed by atoms with Gasteiger partial charge in [0.25, 0.3) is 0 Å². The molecule has 1 N–H and O–H groups in total. The highest BCUT2D eigenvalue weighted by molar-refractivity contribution is 7.91. The van der Waals surface area contributed by atoms with Crippen molar-refractivity contribution in [3.8, 4) is 0 Å². The second-order valence-corrected chi connectivity index (χ2v) is 7.69. The summed E-state index contributed by atoms with van der Waals surface area (Å²) >= 11 is 0. The summed E-state index contributed by atoms with van der Waals surface area (Å²) in [6.07, 6.45) is 0.412. The molecule has 130 valence electrons. The maximum absolute atomic E-state index is 12.5. The monoisotopic (exact) mass is 348 g/mol. The van der Waals surface area contributed by atoms with Gasteiger partial charge in [-0.05, 0) is 38.1 Å². The van der Waals surface area contributed by atoms with Gasteiger partial charge in [-0.2, -0.15) is 8.78 Å². The molecule has 0 aliphatic carbocycles. The number of benzene rings is 1. The third-order valence-corrected chi connectivity index (χ3v) is 5.07. The van der Waals surface area contributed by atoms with E-state index in [1.165, 1.54) is 24.3 Å². The highest BCUT2D eigenvalue weighted by Gasteiger charge is 2.26. The molecule has 1 fully saturated rings. The van der Waals surface area contributed by atoms with Gasteiger partial charge in [0, 0.05) is 31.9 Å². The number of sulfone groups is 1. The molecule has 1 aliphatic rings. The van der Waals surface area contributed by atoms with E-state index in [4.69, 9.17) is 4.74 Å². The van der Waals surface area contributed by atoms with E-state index in [9.17, 15) is 17.2 Å². The van der Waals surface area contributed by atoms with Gasteiger partial charge in [0.1, 0.15) is 0 Å². The first-order valence-electron chi connectivity index (χ1n) is 7.53. The number of nitrogens with zero attached hydrogens (tertiary/aromatic N) is 1. The molecule has 23 heavy (non-hydrogen) atoms. The van der Waals surface area contributed by atoms with Crippen LogP contribution < -0.4 is 5.32 Å². The van der Waals surface area contributed by atoms with Gasteiger partial charge in [0.15, 0.2) is 0 Å². The van der Waals surface area contributed by atoms with Gasteiger partial charge in [0.05, 0.1) is 17.1 Å². The minimum absolute atomic E-state index is 0.206. The lowest BCUT2D eigenvalue weighted by Gasteiger charge is -2.35. The molecule has 0 bridgehead atoms. The van der Waals surface area contributed by atoms with Crippen molar-refractivity contribution in [2.45, 2.75) is 36.7 Å². The van der Waals surface area contributed by atoms with E-state index in [2.05, 4.69) is 10.2 Å². The number of ether oxygens (including phenoxy) is 1. The number of anilines is 1.